The van der Waals surface area contributed by atoms with Crippen LogP contribution in [0.3, 0.4) is 0 Å². The predicted molar refractivity (Wildman–Crippen MR) is 124 cm³/mol. The number of methoxy groups -OCH3 is 1. The number of nitrogens with one attached hydrogen (secondary N) is 1. The molecule has 0 radical (unpaired) electrons. The van der Waals surface area contributed by atoms with E-state index in [9.17, 15) is 0 Å². The van der Waals surface area contributed by atoms with Crippen LogP contribution in [0.25, 0.3) is 22.4 Å². The van der Waals surface area contributed by atoms with Gasteiger partial charge in [0, 0.05) is 36.2 Å². The van der Waals surface area contributed by atoms with Crippen molar-refractivity contribution in [1.29, 1.82) is 0 Å². The topological polar surface area (TPSA) is 56.3 Å². The minimum absolute atomic E-state index is 0.0672. The third-order valence-corrected chi connectivity index (χ3v) is 5.39. The van der Waals surface area contributed by atoms with E-state index in [1.54, 1.807) is 31.6 Å². The van der Waals surface area contributed by atoms with Gasteiger partial charge < -0.3 is 14.8 Å². The van der Waals surface area contributed by atoms with Gasteiger partial charge >= 0.3 is 0 Å². The summed E-state index contributed by atoms with van der Waals surface area (Å²) in [5.41, 5.74) is 4.30. The Labute approximate surface area is 182 Å². The Kier molecular flexibility index (Phi) is 7.83. The molecule has 5 nitrogen and oxygen atoms in total. The molecule has 1 aliphatic rings. The van der Waals surface area contributed by atoms with Gasteiger partial charge in [-0.05, 0) is 43.9 Å². The molecule has 30 heavy (non-hydrogen) atoms. The van der Waals surface area contributed by atoms with Gasteiger partial charge in [0.15, 0.2) is 5.13 Å². The zero-order valence-electron chi connectivity index (χ0n) is 17.6. The van der Waals surface area contributed by atoms with Gasteiger partial charge in [0.2, 0.25) is 5.88 Å². The quantitative estimate of drug-likeness (QED) is 0.373. The van der Waals surface area contributed by atoms with Crippen LogP contribution in [0.5, 0.6) is 5.88 Å². The first kappa shape index (κ1) is 21.8. The summed E-state index contributed by atoms with van der Waals surface area (Å²) in [7, 11) is 1.75. The summed E-state index contributed by atoms with van der Waals surface area (Å²) in [5, 5.41) is 6.39. The van der Waals surface area contributed by atoms with Crippen molar-refractivity contribution in [3.8, 4) is 40.6 Å². The first-order valence-electron chi connectivity index (χ1n) is 10.00. The zero-order valence-corrected chi connectivity index (χ0v) is 18.4. The number of benzene rings is 1. The second kappa shape index (κ2) is 10.8. The average molecular weight is 422 g/mol. The molecular formula is C24H27N3O2S. The van der Waals surface area contributed by atoms with Crippen LogP contribution >= 0.6 is 11.3 Å². The van der Waals surface area contributed by atoms with E-state index < -0.39 is 0 Å². The van der Waals surface area contributed by atoms with E-state index in [2.05, 4.69) is 52.3 Å². The Morgan fingerprint density at radius 2 is 1.90 bits per heavy atom. The number of hydrogen-bond acceptors (Lipinski definition) is 6. The summed E-state index contributed by atoms with van der Waals surface area (Å²) in [6, 6.07) is 12.4. The van der Waals surface area contributed by atoms with E-state index in [0.717, 1.165) is 27.5 Å². The van der Waals surface area contributed by atoms with Gasteiger partial charge in [-0.1, -0.05) is 24.3 Å². The highest BCUT2D eigenvalue weighted by Crippen LogP contribution is 2.35. The van der Waals surface area contributed by atoms with Gasteiger partial charge in [0.25, 0.3) is 0 Å². The minimum Gasteiger partial charge on any atom is -0.478 e. The number of rotatable bonds is 8. The van der Waals surface area contributed by atoms with Crippen LogP contribution in [0.2, 0.25) is 0 Å². The first-order valence-corrected chi connectivity index (χ1v) is 10.9. The lowest BCUT2D eigenvalue weighted by atomic mass is 10.0. The zero-order chi connectivity index (χ0) is 21.3. The second-order valence-electron chi connectivity index (χ2n) is 6.86. The Morgan fingerprint density at radius 1 is 1.20 bits per heavy atom. The molecule has 1 fully saturated rings. The monoisotopic (exact) mass is 421 g/mol. The smallest absolute Gasteiger partial charge is 0.213 e. The molecular weight excluding hydrogens is 394 g/mol. The fourth-order valence-corrected chi connectivity index (χ4v) is 3.76. The summed E-state index contributed by atoms with van der Waals surface area (Å²) in [6.07, 6.45) is 8.90. The highest BCUT2D eigenvalue weighted by molar-refractivity contribution is 7.14. The van der Waals surface area contributed by atoms with Crippen molar-refractivity contribution in [2.24, 2.45) is 5.92 Å². The van der Waals surface area contributed by atoms with Crippen molar-refractivity contribution in [2.45, 2.75) is 32.9 Å². The normalized spacial score (nSPS) is 13.5. The van der Waals surface area contributed by atoms with Gasteiger partial charge in [-0.25, -0.2) is 9.97 Å². The number of ether oxygens (including phenoxy) is 2. The molecule has 0 spiro atoms. The van der Waals surface area contributed by atoms with Gasteiger partial charge in [-0.2, -0.15) is 0 Å². The molecule has 3 aromatic rings. The van der Waals surface area contributed by atoms with Crippen LogP contribution in [0, 0.1) is 18.3 Å². The van der Waals surface area contributed by atoms with Crippen molar-refractivity contribution < 1.29 is 9.47 Å². The third kappa shape index (κ3) is 5.82. The molecule has 0 bridgehead atoms. The maximum Gasteiger partial charge on any atom is 0.213 e. The summed E-state index contributed by atoms with van der Waals surface area (Å²) >= 11 is 1.61. The molecule has 6 heteroatoms. The van der Waals surface area contributed by atoms with E-state index in [0.29, 0.717) is 18.4 Å². The van der Waals surface area contributed by atoms with Crippen LogP contribution in [-0.4, -0.2) is 29.9 Å². The number of aromatic nitrogens is 2. The molecule has 1 aliphatic carbocycles. The predicted octanol–water partition coefficient (Wildman–Crippen LogP) is 5.70. The van der Waals surface area contributed by atoms with Crippen LogP contribution in [0.15, 0.2) is 48.0 Å². The number of hydrogen-bond donors (Lipinski definition) is 1. The highest BCUT2D eigenvalue weighted by atomic mass is 32.1. The summed E-state index contributed by atoms with van der Waals surface area (Å²) < 4.78 is 11.0. The fraction of sp³-hybridized carbons (Fsp3) is 0.333. The van der Waals surface area contributed by atoms with E-state index in [1.807, 2.05) is 19.1 Å². The minimum atomic E-state index is 0.0672. The van der Waals surface area contributed by atoms with Crippen molar-refractivity contribution in [3.63, 3.8) is 0 Å². The van der Waals surface area contributed by atoms with Crippen molar-refractivity contribution in [3.05, 3.63) is 48.0 Å². The number of nitrogens with zero attached hydrogens (tertiary/aromatic N) is 2. The molecule has 1 aromatic carbocycles. The van der Waals surface area contributed by atoms with Crippen molar-refractivity contribution in [2.75, 3.05) is 19.0 Å². The molecule has 2 aromatic heterocycles. The van der Waals surface area contributed by atoms with E-state index >= 15 is 0 Å². The molecule has 1 atom stereocenters. The Morgan fingerprint density at radius 3 is 2.53 bits per heavy atom. The lowest BCUT2D eigenvalue weighted by Gasteiger charge is -2.15. The molecule has 156 valence electrons. The maximum atomic E-state index is 5.53. The number of anilines is 1. The molecule has 0 amide bonds. The maximum absolute atomic E-state index is 5.53. The summed E-state index contributed by atoms with van der Waals surface area (Å²) in [5.74, 6) is 3.52. The Balaban J connectivity index is 0.000000806. The number of thiazole rings is 1. The fourth-order valence-electron chi connectivity index (χ4n) is 3.01. The largest absolute Gasteiger partial charge is 0.478 e. The van der Waals surface area contributed by atoms with Gasteiger partial charge in [0.05, 0.1) is 12.3 Å². The standard InChI is InChI=1S/C21H23N3O2S.C3H4/c1-3-26-19-12-17(10-11-22-19)14-4-6-15(7-5-14)18-13-27-21(23-18)24-20(25-2)16-8-9-16;1-3-2/h4-7,10-13,16,20H,3,8-9H2,1-2H3,(H,23,24);1H,2H3. The van der Waals surface area contributed by atoms with Gasteiger partial charge in [0.1, 0.15) is 6.23 Å². The molecule has 0 saturated heterocycles. The van der Waals surface area contributed by atoms with Crippen LogP contribution in [-0.2, 0) is 4.74 Å². The number of pyridine rings is 1. The summed E-state index contributed by atoms with van der Waals surface area (Å²) in [6.45, 7) is 4.22. The summed E-state index contributed by atoms with van der Waals surface area (Å²) in [4.78, 5) is 8.94. The second-order valence-corrected chi connectivity index (χ2v) is 7.72. The average Bonchev–Trinajstić information content (AvgIpc) is 3.51. The lowest BCUT2D eigenvalue weighted by molar-refractivity contribution is 0.107. The van der Waals surface area contributed by atoms with E-state index in [-0.39, 0.29) is 6.23 Å². The van der Waals surface area contributed by atoms with Crippen LogP contribution in [0.1, 0.15) is 26.7 Å². The van der Waals surface area contributed by atoms with Gasteiger partial charge in [-0.15, -0.1) is 23.7 Å². The van der Waals surface area contributed by atoms with Crippen molar-refractivity contribution in [1.82, 2.24) is 9.97 Å². The van der Waals surface area contributed by atoms with Crippen molar-refractivity contribution >= 4 is 16.5 Å². The SMILES string of the molecule is C#CC.CCOc1cc(-c2ccc(-c3csc(NC(OC)C4CC4)n3)cc2)ccn1. The van der Waals surface area contributed by atoms with E-state index in [4.69, 9.17) is 14.5 Å². The van der Waals surface area contributed by atoms with Crippen LogP contribution in [0.4, 0.5) is 5.13 Å². The lowest BCUT2D eigenvalue weighted by Crippen LogP contribution is -2.23. The van der Waals surface area contributed by atoms with E-state index in [1.165, 1.54) is 12.8 Å². The molecule has 0 aliphatic heterocycles. The molecule has 4 rings (SSSR count). The molecule has 1 saturated carbocycles. The molecule has 1 unspecified atom stereocenters. The Hall–Kier alpha value is -2.88. The van der Waals surface area contributed by atoms with Gasteiger partial charge in [-0.3, -0.25) is 0 Å². The Bertz CT molecular complexity index is 975. The molecule has 2 heterocycles. The number of terminal acetylenes is 1. The third-order valence-electron chi connectivity index (χ3n) is 4.62. The highest BCUT2D eigenvalue weighted by Gasteiger charge is 2.31. The van der Waals surface area contributed by atoms with Crippen LogP contribution < -0.4 is 10.1 Å². The molecule has 1 N–H and O–H groups in total. The first-order chi connectivity index (χ1) is 14.7.